The lowest BCUT2D eigenvalue weighted by molar-refractivity contribution is 0.0160. The Kier molecular flexibility index (Phi) is 26.4. The van der Waals surface area contributed by atoms with Crippen molar-refractivity contribution in [2.75, 3.05) is 0 Å². The van der Waals surface area contributed by atoms with E-state index in [2.05, 4.69) is 65.3 Å². The van der Waals surface area contributed by atoms with Gasteiger partial charge in [0.05, 0.1) is 18.3 Å². The smallest absolute Gasteiger partial charge is 0.111 e. The summed E-state index contributed by atoms with van der Waals surface area (Å²) in [4.78, 5) is 0. The maximum atomic E-state index is 11.7. The number of hydrogen-bond donors (Lipinski definition) is 8. The van der Waals surface area contributed by atoms with E-state index in [-0.39, 0.29) is 17.9 Å². The van der Waals surface area contributed by atoms with E-state index in [1.165, 1.54) is 0 Å². The average molecular weight is 698 g/mol. The van der Waals surface area contributed by atoms with Crippen molar-refractivity contribution in [2.24, 2.45) is 35.3 Å². The fourth-order valence-corrected chi connectivity index (χ4v) is 7.50. The van der Waals surface area contributed by atoms with Crippen LogP contribution < -0.4 is 16.4 Å². The Morgan fingerprint density at radius 1 is 0.653 bits per heavy atom. The standard InChI is InChI=1S/C41H83N3O5/c1-12-16-17-23-34(32(11)39(47)36(20-14-3)43-40(48)30(9)24-27(5)6)41(49)44-35(19-13-2)38(46)29(8)26-33(37(45)15-4)22-18-21-28(7)25-31(10)42/h27-28,30-31,33-41,43-49H,8,11-26,42H2,1-7,9-10H3. The Morgan fingerprint density at radius 3 is 1.73 bits per heavy atom. The molecule has 0 aliphatic carbocycles. The summed E-state index contributed by atoms with van der Waals surface area (Å²) in [6, 6.07) is -0.666. The van der Waals surface area contributed by atoms with Crippen molar-refractivity contribution in [3.8, 4) is 0 Å². The number of rotatable bonds is 31. The second-order valence-electron chi connectivity index (χ2n) is 16.0. The summed E-state index contributed by atoms with van der Waals surface area (Å²) in [5.74, 6) is 0.557. The summed E-state index contributed by atoms with van der Waals surface area (Å²) in [6.07, 6.45) is 8.22. The molecular weight excluding hydrogens is 614 g/mol. The minimum atomic E-state index is -1.03. The molecule has 12 atom stereocenters. The van der Waals surface area contributed by atoms with E-state index in [0.717, 1.165) is 64.2 Å². The first-order chi connectivity index (χ1) is 23.0. The Balaban J connectivity index is 5.89. The second-order valence-corrected chi connectivity index (χ2v) is 16.0. The molecule has 0 aromatic heterocycles. The van der Waals surface area contributed by atoms with Gasteiger partial charge in [-0.05, 0) is 93.1 Å². The van der Waals surface area contributed by atoms with Crippen LogP contribution >= 0.6 is 0 Å². The van der Waals surface area contributed by atoms with E-state index in [1.807, 2.05) is 20.8 Å². The molecule has 8 heteroatoms. The minimum Gasteiger partial charge on any atom is -0.393 e. The predicted octanol–water partition coefficient (Wildman–Crippen LogP) is 7.17. The molecule has 0 aliphatic rings. The van der Waals surface area contributed by atoms with Crippen molar-refractivity contribution >= 4 is 0 Å². The first-order valence-corrected chi connectivity index (χ1v) is 20.1. The molecule has 0 amide bonds. The van der Waals surface area contributed by atoms with E-state index in [9.17, 15) is 25.5 Å². The number of aliphatic hydroxyl groups is 5. The first-order valence-electron chi connectivity index (χ1n) is 20.1. The predicted molar refractivity (Wildman–Crippen MR) is 208 cm³/mol. The average Bonchev–Trinajstić information content (AvgIpc) is 3.03. The van der Waals surface area contributed by atoms with Crippen LogP contribution in [0, 0.1) is 29.6 Å². The van der Waals surface area contributed by atoms with Crippen molar-refractivity contribution in [1.82, 2.24) is 10.6 Å². The normalized spacial score (nSPS) is 19.7. The molecule has 292 valence electrons. The van der Waals surface area contributed by atoms with Gasteiger partial charge in [-0.25, -0.2) is 0 Å². The van der Waals surface area contributed by atoms with E-state index in [1.54, 1.807) is 0 Å². The lowest BCUT2D eigenvalue weighted by Gasteiger charge is -2.37. The van der Waals surface area contributed by atoms with Crippen LogP contribution in [-0.2, 0) is 0 Å². The molecular formula is C41H83N3O5. The molecule has 0 bridgehead atoms. The van der Waals surface area contributed by atoms with E-state index < -0.39 is 48.8 Å². The highest BCUT2D eigenvalue weighted by Crippen LogP contribution is 2.30. The Bertz CT molecular complexity index is 855. The molecule has 0 aromatic carbocycles. The van der Waals surface area contributed by atoms with Gasteiger partial charge >= 0.3 is 0 Å². The van der Waals surface area contributed by atoms with E-state index >= 15 is 0 Å². The van der Waals surface area contributed by atoms with Gasteiger partial charge in [-0.2, -0.15) is 0 Å². The second kappa shape index (κ2) is 26.9. The summed E-state index contributed by atoms with van der Waals surface area (Å²) in [5, 5.41) is 63.5. The maximum Gasteiger partial charge on any atom is 0.111 e. The van der Waals surface area contributed by atoms with Crippen LogP contribution in [0.25, 0.3) is 0 Å². The van der Waals surface area contributed by atoms with Crippen molar-refractivity contribution in [3.05, 3.63) is 24.3 Å². The van der Waals surface area contributed by atoms with Crippen molar-refractivity contribution < 1.29 is 25.5 Å². The molecule has 8 nitrogen and oxygen atoms in total. The molecule has 0 rings (SSSR count). The Hall–Kier alpha value is -0.840. The molecule has 0 saturated heterocycles. The SMILES string of the molecule is C=C(CC(CCCC(C)CC(C)N)C(O)CC)C(O)C(CCC)NC(O)C(CCCCC)C(=C)C(O)C(CCC)NC(O)C(C)CC(C)C. The third-order valence-corrected chi connectivity index (χ3v) is 10.4. The third kappa shape index (κ3) is 19.5. The van der Waals surface area contributed by atoms with Crippen LogP contribution in [0.5, 0.6) is 0 Å². The zero-order valence-electron chi connectivity index (χ0n) is 33.3. The van der Waals surface area contributed by atoms with Crippen molar-refractivity contribution in [2.45, 2.75) is 208 Å². The maximum absolute atomic E-state index is 11.7. The van der Waals surface area contributed by atoms with E-state index in [4.69, 9.17) is 5.73 Å². The molecule has 0 aromatic rings. The van der Waals surface area contributed by atoms with Gasteiger partial charge in [-0.3, -0.25) is 10.6 Å². The Morgan fingerprint density at radius 2 is 1.22 bits per heavy atom. The molecule has 0 fully saturated rings. The third-order valence-electron chi connectivity index (χ3n) is 10.4. The largest absolute Gasteiger partial charge is 0.393 e. The molecule has 0 aliphatic heterocycles. The van der Waals surface area contributed by atoms with Crippen LogP contribution in [0.3, 0.4) is 0 Å². The summed E-state index contributed by atoms with van der Waals surface area (Å²) in [5.41, 5.74) is 7.20. The molecule has 9 N–H and O–H groups in total. The molecule has 0 heterocycles. The number of nitrogens with two attached hydrogens (primary N) is 1. The van der Waals surface area contributed by atoms with E-state index in [0.29, 0.717) is 55.1 Å². The van der Waals surface area contributed by atoms with Gasteiger partial charge in [0, 0.05) is 24.0 Å². The minimum absolute atomic E-state index is 0.000161. The van der Waals surface area contributed by atoms with Gasteiger partial charge in [0.25, 0.3) is 0 Å². The molecule has 12 unspecified atom stereocenters. The van der Waals surface area contributed by atoms with Gasteiger partial charge in [0.2, 0.25) is 0 Å². The number of hydrogen-bond acceptors (Lipinski definition) is 8. The molecule has 49 heavy (non-hydrogen) atoms. The van der Waals surface area contributed by atoms with Crippen LogP contribution in [0.2, 0.25) is 0 Å². The van der Waals surface area contributed by atoms with Crippen molar-refractivity contribution in [1.29, 1.82) is 0 Å². The lowest BCUT2D eigenvalue weighted by atomic mass is 9.83. The monoisotopic (exact) mass is 698 g/mol. The highest BCUT2D eigenvalue weighted by atomic mass is 16.3. The van der Waals surface area contributed by atoms with Gasteiger partial charge < -0.3 is 31.3 Å². The molecule has 0 radical (unpaired) electrons. The fraction of sp³-hybridized carbons (Fsp3) is 0.902. The van der Waals surface area contributed by atoms with Gasteiger partial charge in [0.1, 0.15) is 12.5 Å². The van der Waals surface area contributed by atoms with Crippen LogP contribution in [0.15, 0.2) is 24.3 Å². The van der Waals surface area contributed by atoms with Crippen LogP contribution in [0.1, 0.15) is 159 Å². The molecule has 0 saturated carbocycles. The summed E-state index contributed by atoms with van der Waals surface area (Å²) in [7, 11) is 0. The van der Waals surface area contributed by atoms with Crippen LogP contribution in [0.4, 0.5) is 0 Å². The summed E-state index contributed by atoms with van der Waals surface area (Å²) < 4.78 is 0. The van der Waals surface area contributed by atoms with Gasteiger partial charge in [-0.1, -0.05) is 113 Å². The van der Waals surface area contributed by atoms with Gasteiger partial charge in [-0.15, -0.1) is 0 Å². The summed E-state index contributed by atoms with van der Waals surface area (Å²) >= 11 is 0. The first kappa shape index (κ1) is 48.2. The van der Waals surface area contributed by atoms with Crippen LogP contribution in [-0.4, -0.2) is 74.4 Å². The molecule has 0 spiro atoms. The zero-order valence-corrected chi connectivity index (χ0v) is 33.3. The highest BCUT2D eigenvalue weighted by Gasteiger charge is 2.34. The summed E-state index contributed by atoms with van der Waals surface area (Å²) in [6.45, 7) is 27.4. The lowest BCUT2D eigenvalue weighted by Crippen LogP contribution is -2.52. The fourth-order valence-electron chi connectivity index (χ4n) is 7.50. The van der Waals surface area contributed by atoms with Crippen molar-refractivity contribution in [3.63, 3.8) is 0 Å². The quantitative estimate of drug-likeness (QED) is 0.0216. The Labute approximate surface area is 302 Å². The number of nitrogens with one attached hydrogen (secondary N) is 2. The van der Waals surface area contributed by atoms with Gasteiger partial charge in [0.15, 0.2) is 0 Å². The highest BCUT2D eigenvalue weighted by molar-refractivity contribution is 5.14. The number of unbranched alkanes of at least 4 members (excludes halogenated alkanes) is 2. The topological polar surface area (TPSA) is 151 Å². The number of aliphatic hydroxyl groups excluding tert-OH is 5. The zero-order chi connectivity index (χ0) is 37.7.